The van der Waals surface area contributed by atoms with E-state index in [0.717, 1.165) is 0 Å². The molecule has 0 bridgehead atoms. The molecular formula is C26H30O6. The molecule has 2 aromatic rings. The Bertz CT molecular complexity index is 954. The van der Waals surface area contributed by atoms with Crippen molar-refractivity contribution in [3.8, 4) is 0 Å². The van der Waals surface area contributed by atoms with E-state index in [9.17, 15) is 14.4 Å². The SMILES string of the molecule is CC(C)(C)OC(=O)C1(C(=O)OC(C)(C)C)O[C@@H](C(=O)c2ccccc2)[C@@H]1c1ccccc1. The molecule has 0 amide bonds. The van der Waals surface area contributed by atoms with Crippen molar-refractivity contribution in [3.63, 3.8) is 0 Å². The first-order valence-electron chi connectivity index (χ1n) is 10.6. The molecule has 2 atom stereocenters. The molecule has 0 unspecified atom stereocenters. The number of carbonyl (C=O) groups excluding carboxylic acids is 3. The molecule has 0 saturated carbocycles. The van der Waals surface area contributed by atoms with Gasteiger partial charge in [0.1, 0.15) is 17.3 Å². The molecule has 1 fully saturated rings. The number of Topliss-reactive ketones (excluding diaryl/α,β-unsaturated/α-hetero) is 1. The van der Waals surface area contributed by atoms with Gasteiger partial charge >= 0.3 is 11.9 Å². The van der Waals surface area contributed by atoms with Crippen molar-refractivity contribution in [2.24, 2.45) is 0 Å². The van der Waals surface area contributed by atoms with Crippen LogP contribution >= 0.6 is 0 Å². The summed E-state index contributed by atoms with van der Waals surface area (Å²) in [6.07, 6.45) is -1.04. The predicted molar refractivity (Wildman–Crippen MR) is 119 cm³/mol. The Balaban J connectivity index is 2.11. The van der Waals surface area contributed by atoms with E-state index in [0.29, 0.717) is 11.1 Å². The summed E-state index contributed by atoms with van der Waals surface area (Å²) in [6, 6.07) is 17.6. The summed E-state index contributed by atoms with van der Waals surface area (Å²) >= 11 is 0. The minimum Gasteiger partial charge on any atom is -0.457 e. The highest BCUT2D eigenvalue weighted by Gasteiger charge is 2.71. The summed E-state index contributed by atoms with van der Waals surface area (Å²) in [5.41, 5.74) is -2.78. The first-order chi connectivity index (χ1) is 14.8. The van der Waals surface area contributed by atoms with E-state index in [-0.39, 0.29) is 5.78 Å². The van der Waals surface area contributed by atoms with E-state index < -0.39 is 40.8 Å². The van der Waals surface area contributed by atoms with Crippen LogP contribution in [0.25, 0.3) is 0 Å². The maximum atomic E-state index is 13.4. The normalized spacial score (nSPS) is 20.1. The number of hydrogen-bond acceptors (Lipinski definition) is 6. The molecule has 2 aromatic carbocycles. The van der Waals surface area contributed by atoms with Crippen molar-refractivity contribution < 1.29 is 28.6 Å². The van der Waals surface area contributed by atoms with Crippen molar-refractivity contribution in [2.45, 2.75) is 70.4 Å². The van der Waals surface area contributed by atoms with Crippen LogP contribution in [0.15, 0.2) is 60.7 Å². The molecule has 170 valence electrons. The smallest absolute Gasteiger partial charge is 0.351 e. The van der Waals surface area contributed by atoms with E-state index in [2.05, 4.69) is 0 Å². The molecule has 0 N–H and O–H groups in total. The topological polar surface area (TPSA) is 78.9 Å². The Morgan fingerprint density at radius 3 is 1.62 bits per heavy atom. The maximum Gasteiger partial charge on any atom is 0.351 e. The fraction of sp³-hybridized carbons (Fsp3) is 0.423. The molecule has 3 rings (SSSR count). The molecule has 1 aliphatic heterocycles. The molecule has 0 radical (unpaired) electrons. The number of hydrogen-bond donors (Lipinski definition) is 0. The zero-order valence-electron chi connectivity index (χ0n) is 19.4. The average Bonchev–Trinajstić information content (AvgIpc) is 2.66. The second kappa shape index (κ2) is 8.51. The Morgan fingerprint density at radius 2 is 1.19 bits per heavy atom. The van der Waals surface area contributed by atoms with Gasteiger partial charge in [-0.2, -0.15) is 0 Å². The molecule has 0 spiro atoms. The second-order valence-electron chi connectivity index (χ2n) is 9.90. The molecule has 6 heteroatoms. The third-order valence-corrected chi connectivity index (χ3v) is 4.93. The van der Waals surface area contributed by atoms with E-state index in [1.165, 1.54) is 0 Å². The number of esters is 2. The fourth-order valence-corrected chi connectivity index (χ4v) is 3.67. The van der Waals surface area contributed by atoms with E-state index in [1.807, 2.05) is 6.07 Å². The summed E-state index contributed by atoms with van der Waals surface area (Å²) in [5.74, 6) is -2.96. The van der Waals surface area contributed by atoms with Crippen LogP contribution in [0.4, 0.5) is 0 Å². The molecule has 6 nitrogen and oxygen atoms in total. The maximum absolute atomic E-state index is 13.4. The zero-order valence-corrected chi connectivity index (χ0v) is 19.4. The van der Waals surface area contributed by atoms with Crippen LogP contribution < -0.4 is 0 Å². The quantitative estimate of drug-likeness (QED) is 0.389. The highest BCUT2D eigenvalue weighted by molar-refractivity contribution is 6.11. The molecule has 32 heavy (non-hydrogen) atoms. The summed E-state index contributed by atoms with van der Waals surface area (Å²) in [5, 5.41) is 0. The Labute approximate surface area is 188 Å². The average molecular weight is 439 g/mol. The summed E-state index contributed by atoms with van der Waals surface area (Å²) in [7, 11) is 0. The minimum atomic E-state index is -2.09. The van der Waals surface area contributed by atoms with Crippen molar-refractivity contribution in [1.82, 2.24) is 0 Å². The van der Waals surface area contributed by atoms with Gasteiger partial charge in [-0.05, 0) is 47.1 Å². The lowest BCUT2D eigenvalue weighted by atomic mass is 9.70. The fourth-order valence-electron chi connectivity index (χ4n) is 3.67. The summed E-state index contributed by atoms with van der Waals surface area (Å²) in [4.78, 5) is 40.1. The van der Waals surface area contributed by atoms with E-state index in [1.54, 1.807) is 96.1 Å². The third kappa shape index (κ3) is 4.75. The second-order valence-corrected chi connectivity index (χ2v) is 9.90. The van der Waals surface area contributed by atoms with Gasteiger partial charge in [-0.15, -0.1) is 0 Å². The van der Waals surface area contributed by atoms with Crippen LogP contribution in [-0.4, -0.2) is 40.6 Å². The lowest BCUT2D eigenvalue weighted by Crippen LogP contribution is -2.71. The van der Waals surface area contributed by atoms with Crippen LogP contribution in [0.2, 0.25) is 0 Å². The number of carbonyl (C=O) groups is 3. The van der Waals surface area contributed by atoms with E-state index in [4.69, 9.17) is 14.2 Å². The third-order valence-electron chi connectivity index (χ3n) is 4.93. The molecule has 1 saturated heterocycles. The first-order valence-corrected chi connectivity index (χ1v) is 10.6. The number of ether oxygens (including phenoxy) is 3. The van der Waals surface area contributed by atoms with Gasteiger partial charge in [0, 0.05) is 5.56 Å². The van der Waals surface area contributed by atoms with Crippen molar-refractivity contribution in [1.29, 1.82) is 0 Å². The molecule has 0 aliphatic carbocycles. The predicted octanol–water partition coefficient (Wildman–Crippen LogP) is 4.47. The van der Waals surface area contributed by atoms with Crippen LogP contribution in [0.3, 0.4) is 0 Å². The highest BCUT2D eigenvalue weighted by atomic mass is 16.6. The first kappa shape index (κ1) is 23.7. The number of rotatable bonds is 5. The zero-order chi connectivity index (χ0) is 23.7. The lowest BCUT2D eigenvalue weighted by molar-refractivity contribution is -0.246. The Morgan fingerprint density at radius 1 is 0.750 bits per heavy atom. The van der Waals surface area contributed by atoms with Gasteiger partial charge < -0.3 is 14.2 Å². The van der Waals surface area contributed by atoms with Crippen LogP contribution in [0.5, 0.6) is 0 Å². The van der Waals surface area contributed by atoms with Gasteiger partial charge in [-0.3, -0.25) is 4.79 Å². The highest BCUT2D eigenvalue weighted by Crippen LogP contribution is 2.50. The Hall–Kier alpha value is -2.99. The molecule has 1 heterocycles. The van der Waals surface area contributed by atoms with Gasteiger partial charge in [0.25, 0.3) is 5.60 Å². The number of benzene rings is 2. The van der Waals surface area contributed by atoms with Gasteiger partial charge in [0.05, 0.1) is 5.92 Å². The monoisotopic (exact) mass is 438 g/mol. The van der Waals surface area contributed by atoms with Crippen LogP contribution in [0, 0.1) is 0 Å². The lowest BCUT2D eigenvalue weighted by Gasteiger charge is -2.51. The van der Waals surface area contributed by atoms with Gasteiger partial charge in [-0.1, -0.05) is 60.7 Å². The Kier molecular flexibility index (Phi) is 6.29. The van der Waals surface area contributed by atoms with Crippen LogP contribution in [-0.2, 0) is 23.8 Å². The van der Waals surface area contributed by atoms with Crippen LogP contribution in [0.1, 0.15) is 63.4 Å². The standard InChI is InChI=1S/C26H30O6/c1-24(2,3)31-22(28)26(23(29)32-25(4,5)6)19(17-13-9-7-10-14-17)21(30-26)20(27)18-15-11-8-12-16-18/h7-16,19,21H,1-6H3/t19-,21+/m0/s1. The summed E-state index contributed by atoms with van der Waals surface area (Å²) < 4.78 is 17.1. The number of ketones is 1. The van der Waals surface area contributed by atoms with Gasteiger partial charge in [0.2, 0.25) is 0 Å². The van der Waals surface area contributed by atoms with Gasteiger partial charge in [0.15, 0.2) is 5.78 Å². The van der Waals surface area contributed by atoms with Crippen molar-refractivity contribution >= 4 is 17.7 Å². The van der Waals surface area contributed by atoms with Crippen molar-refractivity contribution in [3.05, 3.63) is 71.8 Å². The minimum absolute atomic E-state index is 0.317. The van der Waals surface area contributed by atoms with Gasteiger partial charge in [-0.25, -0.2) is 9.59 Å². The largest absolute Gasteiger partial charge is 0.457 e. The summed E-state index contributed by atoms with van der Waals surface area (Å²) in [6.45, 7) is 10.2. The molecule has 1 aliphatic rings. The molecular weight excluding hydrogens is 408 g/mol. The van der Waals surface area contributed by atoms with E-state index >= 15 is 0 Å². The molecule has 0 aromatic heterocycles. The van der Waals surface area contributed by atoms with Crippen molar-refractivity contribution in [2.75, 3.05) is 0 Å².